The number of allylic oxidation sites excluding steroid dienone is 4. The average molecular weight is 372 g/mol. The van der Waals surface area contributed by atoms with Crippen molar-refractivity contribution in [1.29, 1.82) is 0 Å². The molecule has 8 nitrogen and oxygen atoms in total. The number of benzene rings is 1. The molecule has 0 bridgehead atoms. The van der Waals surface area contributed by atoms with Gasteiger partial charge in [0, 0.05) is 12.1 Å². The molecule has 1 aliphatic carbocycles. The van der Waals surface area contributed by atoms with Crippen LogP contribution in [0.1, 0.15) is 12.0 Å². The van der Waals surface area contributed by atoms with Crippen molar-refractivity contribution in [3.8, 4) is 0 Å². The maximum atomic E-state index is 11.4. The normalized spacial score (nSPS) is 13.4. The van der Waals surface area contributed by atoms with Crippen LogP contribution < -0.4 is 35.0 Å². The third-order valence-electron chi connectivity index (χ3n) is 2.69. The van der Waals surface area contributed by atoms with Crippen molar-refractivity contribution in [2.24, 2.45) is 5.10 Å². The van der Waals surface area contributed by atoms with E-state index in [0.29, 0.717) is 12.1 Å². The number of anilines is 1. The number of hydrogen-bond donors (Lipinski definition) is 2. The number of carboxylic acids is 1. The van der Waals surface area contributed by atoms with Gasteiger partial charge in [0.05, 0.1) is 11.5 Å². The first-order valence-electron chi connectivity index (χ1n) is 6.60. The molecular formula is C15H13N2NaO6S. The quantitative estimate of drug-likeness (QED) is 0.264. The second-order valence-electron chi connectivity index (χ2n) is 4.41. The number of nitrogens with one attached hydrogen (secondary N) is 1. The van der Waals surface area contributed by atoms with Gasteiger partial charge in [0.25, 0.3) is 0 Å². The Hall–Kier alpha value is -2.07. The maximum Gasteiger partial charge on any atom is 1.00 e. The molecule has 0 atom stereocenters. The first kappa shape index (κ1) is 22.9. The number of ketones is 1. The van der Waals surface area contributed by atoms with Gasteiger partial charge in [-0.3, -0.25) is 10.2 Å². The number of carboxylic acid groups (broad SMARTS) is 1. The number of carbonyl (C=O) groups excluding carboxylic acids is 1. The van der Waals surface area contributed by atoms with Crippen LogP contribution in [0.2, 0.25) is 0 Å². The Labute approximate surface area is 167 Å². The zero-order valence-corrected chi connectivity index (χ0v) is 16.1. The molecule has 0 heterocycles. The monoisotopic (exact) mass is 372 g/mol. The number of nitrogens with zero attached hydrogens (tertiary/aromatic N) is 1. The number of hydrogen-bond acceptors (Lipinski definition) is 7. The standard InChI is InChI=1S/C15H13N2O3.Na.O3S/c18-14-4-2-1-3-13(14)17-16-12-8-5-11(6-9-12)7-10-15(19)20;;1-4(2)3/h2-6,8-9,16H,7,10H2,(H,19,20);;/q-1;+1;. The van der Waals surface area contributed by atoms with Gasteiger partial charge in [-0.15, -0.1) is 24.8 Å². The van der Waals surface area contributed by atoms with Crippen LogP contribution in [0, 0.1) is 6.08 Å². The molecule has 0 saturated heterocycles. The molecule has 0 fully saturated rings. The molecule has 1 aliphatic rings. The second-order valence-corrected chi connectivity index (χ2v) is 4.82. The summed E-state index contributed by atoms with van der Waals surface area (Å²) in [6, 6.07) is 7.24. The SMILES string of the molecule is O=C(O)CCc1ccc(NN=C2C=[C-]C=CC2=O)cc1.O=S(=O)=O.[Na+]. The zero-order valence-electron chi connectivity index (χ0n) is 13.3. The topological polar surface area (TPSA) is 130 Å². The summed E-state index contributed by atoms with van der Waals surface area (Å²) in [4.78, 5) is 21.9. The Bertz CT molecular complexity index is 791. The van der Waals surface area contributed by atoms with E-state index >= 15 is 0 Å². The van der Waals surface area contributed by atoms with Gasteiger partial charge in [0.1, 0.15) is 0 Å². The molecule has 0 spiro atoms. The molecule has 1 aromatic carbocycles. The number of aliphatic carboxylic acids is 1. The minimum Gasteiger partial charge on any atom is -0.481 e. The van der Waals surface area contributed by atoms with Crippen molar-refractivity contribution in [2.75, 3.05) is 5.43 Å². The van der Waals surface area contributed by atoms with Gasteiger partial charge in [-0.2, -0.15) is 12.2 Å². The first-order valence-corrected chi connectivity index (χ1v) is 7.60. The van der Waals surface area contributed by atoms with E-state index in [1.54, 1.807) is 18.2 Å². The molecule has 2 rings (SSSR count). The summed E-state index contributed by atoms with van der Waals surface area (Å²) in [5.74, 6) is -0.986. The van der Waals surface area contributed by atoms with Crippen molar-refractivity contribution in [2.45, 2.75) is 12.8 Å². The molecule has 0 unspecified atom stereocenters. The molecule has 10 heteroatoms. The summed E-state index contributed by atoms with van der Waals surface area (Å²) in [6.07, 6.45) is 7.83. The Morgan fingerprint density at radius 1 is 1.20 bits per heavy atom. The van der Waals surface area contributed by atoms with Gasteiger partial charge in [-0.05, 0) is 24.1 Å². The van der Waals surface area contributed by atoms with E-state index in [0.717, 1.165) is 11.3 Å². The molecule has 126 valence electrons. The molecule has 0 aromatic heterocycles. The maximum absolute atomic E-state index is 11.4. The molecule has 0 saturated carbocycles. The summed E-state index contributed by atoms with van der Waals surface area (Å²) >= 11 is 0. The largest absolute Gasteiger partial charge is 1.00 e. The van der Waals surface area contributed by atoms with Crippen LogP contribution in [0.15, 0.2) is 47.6 Å². The predicted molar refractivity (Wildman–Crippen MR) is 85.1 cm³/mol. The molecule has 2 N–H and O–H groups in total. The van der Waals surface area contributed by atoms with E-state index in [9.17, 15) is 9.59 Å². The fourth-order valence-electron chi connectivity index (χ4n) is 1.62. The van der Waals surface area contributed by atoms with Gasteiger partial charge in [-0.25, -0.2) is 5.10 Å². The van der Waals surface area contributed by atoms with Crippen molar-refractivity contribution in [3.63, 3.8) is 0 Å². The number of rotatable bonds is 5. The number of hydrazone groups is 1. The fourth-order valence-corrected chi connectivity index (χ4v) is 1.62. The summed E-state index contributed by atoms with van der Waals surface area (Å²) in [5, 5.41) is 12.6. The first-order chi connectivity index (χ1) is 11.4. The molecule has 25 heavy (non-hydrogen) atoms. The third kappa shape index (κ3) is 10.4. The van der Waals surface area contributed by atoms with Crippen molar-refractivity contribution >= 4 is 33.8 Å². The Morgan fingerprint density at radius 3 is 2.32 bits per heavy atom. The Balaban J connectivity index is 0.00000104. The van der Waals surface area contributed by atoms with E-state index in [1.165, 1.54) is 12.2 Å². The Kier molecular flexibility index (Phi) is 11.3. The number of aryl methyl sites for hydroxylation is 1. The van der Waals surface area contributed by atoms with E-state index in [-0.39, 0.29) is 41.8 Å². The van der Waals surface area contributed by atoms with E-state index in [4.69, 9.17) is 17.7 Å². The van der Waals surface area contributed by atoms with Crippen molar-refractivity contribution in [1.82, 2.24) is 0 Å². The molecule has 0 radical (unpaired) electrons. The van der Waals surface area contributed by atoms with Crippen LogP contribution in [-0.4, -0.2) is 35.2 Å². The van der Waals surface area contributed by atoms with Crippen LogP contribution in [0.3, 0.4) is 0 Å². The summed E-state index contributed by atoms with van der Waals surface area (Å²) in [5.41, 5.74) is 4.75. The second kappa shape index (κ2) is 12.3. The van der Waals surface area contributed by atoms with Crippen LogP contribution in [-0.2, 0) is 26.6 Å². The molecule has 0 amide bonds. The van der Waals surface area contributed by atoms with Gasteiger partial charge in [0.15, 0.2) is 0 Å². The van der Waals surface area contributed by atoms with E-state index in [2.05, 4.69) is 16.6 Å². The molecular weight excluding hydrogens is 359 g/mol. The Morgan fingerprint density at radius 2 is 1.80 bits per heavy atom. The van der Waals surface area contributed by atoms with Gasteiger partial charge >= 0.3 is 46.1 Å². The minimum atomic E-state index is -3.11. The number of carbonyl (C=O) groups is 2. The van der Waals surface area contributed by atoms with E-state index < -0.39 is 16.6 Å². The summed E-state index contributed by atoms with van der Waals surface area (Å²) < 4.78 is 25.3. The van der Waals surface area contributed by atoms with Crippen molar-refractivity contribution in [3.05, 3.63) is 54.1 Å². The van der Waals surface area contributed by atoms with Crippen LogP contribution >= 0.6 is 0 Å². The predicted octanol–water partition coefficient (Wildman–Crippen LogP) is -2.03. The molecule has 0 aliphatic heterocycles. The van der Waals surface area contributed by atoms with Crippen LogP contribution in [0.25, 0.3) is 0 Å². The van der Waals surface area contributed by atoms with Gasteiger partial charge in [-0.1, -0.05) is 12.1 Å². The zero-order chi connectivity index (χ0) is 17.9. The summed E-state index contributed by atoms with van der Waals surface area (Å²) in [7, 11) is -3.11. The summed E-state index contributed by atoms with van der Waals surface area (Å²) in [6.45, 7) is 0. The molecule has 1 aromatic rings. The van der Waals surface area contributed by atoms with Crippen molar-refractivity contribution < 1.29 is 56.9 Å². The van der Waals surface area contributed by atoms with Gasteiger partial charge in [0.2, 0.25) is 0 Å². The fraction of sp³-hybridized carbons (Fsp3) is 0.133. The van der Waals surface area contributed by atoms with Crippen LogP contribution in [0.5, 0.6) is 0 Å². The minimum absolute atomic E-state index is 0. The van der Waals surface area contributed by atoms with E-state index in [1.807, 2.05) is 12.1 Å². The average Bonchev–Trinajstić information content (AvgIpc) is 2.52. The third-order valence-corrected chi connectivity index (χ3v) is 2.69. The van der Waals surface area contributed by atoms with Crippen LogP contribution in [0.4, 0.5) is 5.69 Å². The smallest absolute Gasteiger partial charge is 0.481 e. The van der Waals surface area contributed by atoms with Gasteiger partial charge < -0.3 is 9.90 Å².